The fraction of sp³-hybridized carbons (Fsp3) is 0.524. The summed E-state index contributed by atoms with van der Waals surface area (Å²) in [4.78, 5) is 30.2. The number of urea groups is 1. The zero-order valence-corrected chi connectivity index (χ0v) is 18.8. The van der Waals surface area contributed by atoms with Crippen LogP contribution in [0.5, 0.6) is 5.75 Å². The molecule has 2 aliphatic heterocycles. The van der Waals surface area contributed by atoms with Crippen molar-refractivity contribution in [3.8, 4) is 11.8 Å². The van der Waals surface area contributed by atoms with E-state index in [-0.39, 0.29) is 11.9 Å². The highest BCUT2D eigenvalue weighted by atomic mass is 32.2. The van der Waals surface area contributed by atoms with Gasteiger partial charge >= 0.3 is 6.03 Å². The number of hydrogen-bond donors (Lipinski definition) is 2. The molecule has 164 valence electrons. The molecule has 0 radical (unpaired) electrons. The number of carbonyl (C=O) groups excluding carboxylic acids is 2. The van der Waals surface area contributed by atoms with Crippen molar-refractivity contribution in [3.05, 3.63) is 23.2 Å². The normalized spacial score (nSPS) is 19.8. The predicted octanol–water partition coefficient (Wildman–Crippen LogP) is 2.73. The van der Waals surface area contributed by atoms with Crippen molar-refractivity contribution in [1.29, 1.82) is 5.26 Å². The van der Waals surface area contributed by atoms with Crippen LogP contribution in [0, 0.1) is 11.3 Å². The van der Waals surface area contributed by atoms with Gasteiger partial charge in [0.25, 0.3) is 0 Å². The minimum absolute atomic E-state index is 0.0373. The molecule has 0 aliphatic carbocycles. The zero-order valence-electron chi connectivity index (χ0n) is 17.1. The van der Waals surface area contributed by atoms with Gasteiger partial charge in [-0.1, -0.05) is 0 Å². The summed E-state index contributed by atoms with van der Waals surface area (Å²) in [7, 11) is 0. The molecule has 2 atom stereocenters. The van der Waals surface area contributed by atoms with E-state index in [2.05, 4.69) is 21.7 Å². The summed E-state index contributed by atoms with van der Waals surface area (Å²) in [6.07, 6.45) is 2.80. The number of nitrogens with zero attached hydrogens (tertiary/aromatic N) is 3. The highest BCUT2D eigenvalue weighted by Gasteiger charge is 2.42. The molecule has 0 saturated carbocycles. The molecule has 0 unspecified atom stereocenters. The van der Waals surface area contributed by atoms with Gasteiger partial charge in [0.1, 0.15) is 11.8 Å². The molecule has 1 aromatic carbocycles. The van der Waals surface area contributed by atoms with Crippen molar-refractivity contribution < 1.29 is 14.3 Å². The molecule has 8 nitrogen and oxygen atoms in total. The van der Waals surface area contributed by atoms with Gasteiger partial charge in [0.2, 0.25) is 5.91 Å². The van der Waals surface area contributed by atoms with Crippen LogP contribution >= 0.6 is 23.1 Å². The average molecular weight is 460 g/mol. The number of aromatic nitrogens is 1. The van der Waals surface area contributed by atoms with Crippen LogP contribution in [0.25, 0.3) is 10.2 Å². The first-order chi connectivity index (χ1) is 15.1. The standard InChI is InChI=1S/C21H25N5O3S2/c22-11-20-24-15-6-5-14(10-18(15)31-20)29-9-3-7-23-19(27)4-1-2-8-26-17-13-30-12-16(17)25-21(26)28/h5-6,10,16-17H,1-4,7-9,12-13H2,(H,23,27)(H,25,28)/t16-,17-/m1/s1. The van der Waals surface area contributed by atoms with Gasteiger partial charge in [0.15, 0.2) is 5.01 Å². The molecule has 1 aromatic heterocycles. The van der Waals surface area contributed by atoms with Crippen LogP contribution in [0.4, 0.5) is 4.79 Å². The van der Waals surface area contributed by atoms with Gasteiger partial charge in [-0.15, -0.1) is 11.3 Å². The smallest absolute Gasteiger partial charge is 0.318 e. The van der Waals surface area contributed by atoms with E-state index in [9.17, 15) is 9.59 Å². The minimum Gasteiger partial charge on any atom is -0.493 e. The Morgan fingerprint density at radius 2 is 2.26 bits per heavy atom. The number of thioether (sulfide) groups is 1. The van der Waals surface area contributed by atoms with Crippen molar-refractivity contribution >= 4 is 45.3 Å². The summed E-state index contributed by atoms with van der Waals surface area (Å²) in [6.45, 7) is 1.78. The summed E-state index contributed by atoms with van der Waals surface area (Å²) in [5.41, 5.74) is 0.800. The van der Waals surface area contributed by atoms with E-state index >= 15 is 0 Å². The van der Waals surface area contributed by atoms with Crippen LogP contribution in [0.15, 0.2) is 18.2 Å². The van der Waals surface area contributed by atoms with Gasteiger partial charge in [-0.25, -0.2) is 9.78 Å². The third-order valence-corrected chi connectivity index (χ3v) is 7.54. The monoisotopic (exact) mass is 459 g/mol. The number of nitriles is 1. The second-order valence-corrected chi connectivity index (χ2v) is 9.73. The molecular formula is C21H25N5O3S2. The maximum Gasteiger partial charge on any atom is 0.318 e. The number of fused-ring (bicyclic) bond motifs is 2. The number of hydrogen-bond acceptors (Lipinski definition) is 7. The van der Waals surface area contributed by atoms with Gasteiger partial charge in [0, 0.05) is 31.0 Å². The van der Waals surface area contributed by atoms with Gasteiger partial charge in [-0.2, -0.15) is 17.0 Å². The van der Waals surface area contributed by atoms with E-state index in [0.29, 0.717) is 49.6 Å². The van der Waals surface area contributed by atoms with E-state index in [1.807, 2.05) is 34.9 Å². The van der Waals surface area contributed by atoms with Crippen LogP contribution in [0.2, 0.25) is 0 Å². The van der Waals surface area contributed by atoms with Crippen LogP contribution < -0.4 is 15.4 Å². The van der Waals surface area contributed by atoms with E-state index in [1.54, 1.807) is 0 Å². The maximum atomic E-state index is 12.0. The fourth-order valence-electron chi connectivity index (χ4n) is 3.84. The van der Waals surface area contributed by atoms with Gasteiger partial charge in [-0.3, -0.25) is 4.79 Å². The number of unbranched alkanes of at least 4 members (excludes halogenated alkanes) is 1. The van der Waals surface area contributed by atoms with Crippen LogP contribution in [-0.2, 0) is 4.79 Å². The third kappa shape index (κ3) is 5.40. The van der Waals surface area contributed by atoms with E-state index in [4.69, 9.17) is 10.00 Å². The molecule has 0 spiro atoms. The van der Waals surface area contributed by atoms with Crippen LogP contribution in [0.1, 0.15) is 30.7 Å². The fourth-order valence-corrected chi connectivity index (χ4v) is 5.98. The molecule has 2 N–H and O–H groups in total. The SMILES string of the molecule is N#Cc1nc2ccc(OCCCNC(=O)CCCCN3C(=O)N[C@@H]4CSC[C@H]43)cc2s1. The summed E-state index contributed by atoms with van der Waals surface area (Å²) in [5.74, 6) is 2.78. The largest absolute Gasteiger partial charge is 0.493 e. The van der Waals surface area contributed by atoms with Crippen molar-refractivity contribution in [1.82, 2.24) is 20.5 Å². The number of amides is 3. The number of rotatable bonds is 10. The molecule has 4 rings (SSSR count). The molecule has 10 heteroatoms. The van der Waals surface area contributed by atoms with E-state index in [1.165, 1.54) is 11.3 Å². The molecule has 2 aliphatic rings. The summed E-state index contributed by atoms with van der Waals surface area (Å²) in [6, 6.07) is 8.28. The lowest BCUT2D eigenvalue weighted by Crippen LogP contribution is -2.36. The summed E-state index contributed by atoms with van der Waals surface area (Å²) in [5, 5.41) is 15.3. The van der Waals surface area contributed by atoms with Crippen molar-refractivity contribution in [2.75, 3.05) is 31.2 Å². The quantitative estimate of drug-likeness (QED) is 0.418. The Morgan fingerprint density at radius 1 is 1.35 bits per heavy atom. The van der Waals surface area contributed by atoms with Crippen molar-refractivity contribution in [2.24, 2.45) is 0 Å². The Kier molecular flexibility index (Phi) is 7.14. The number of carbonyl (C=O) groups is 2. The number of nitrogens with one attached hydrogen (secondary N) is 2. The first kappa shape index (κ1) is 21.7. The molecule has 2 saturated heterocycles. The highest BCUT2D eigenvalue weighted by Crippen LogP contribution is 2.28. The van der Waals surface area contributed by atoms with Crippen molar-refractivity contribution in [3.63, 3.8) is 0 Å². The average Bonchev–Trinajstić information content (AvgIpc) is 3.45. The Bertz CT molecular complexity index is 989. The van der Waals surface area contributed by atoms with Crippen LogP contribution in [-0.4, -0.2) is 65.1 Å². The number of thiazole rings is 1. The predicted molar refractivity (Wildman–Crippen MR) is 121 cm³/mol. The van der Waals surface area contributed by atoms with Gasteiger partial charge in [0.05, 0.1) is 28.9 Å². The summed E-state index contributed by atoms with van der Waals surface area (Å²) >= 11 is 3.23. The van der Waals surface area contributed by atoms with E-state index in [0.717, 1.165) is 40.3 Å². The topological polar surface area (TPSA) is 107 Å². The Hall–Kier alpha value is -2.51. The maximum absolute atomic E-state index is 12.0. The Balaban J connectivity index is 1.07. The highest BCUT2D eigenvalue weighted by molar-refractivity contribution is 7.99. The lowest BCUT2D eigenvalue weighted by atomic mass is 10.1. The molecule has 2 fully saturated rings. The van der Waals surface area contributed by atoms with E-state index < -0.39 is 0 Å². The second kappa shape index (κ2) is 10.2. The van der Waals surface area contributed by atoms with Crippen molar-refractivity contribution in [2.45, 2.75) is 37.8 Å². The minimum atomic E-state index is 0.0373. The molecule has 3 heterocycles. The number of ether oxygens (including phenoxy) is 1. The Morgan fingerprint density at radius 3 is 3.13 bits per heavy atom. The molecular weight excluding hydrogens is 434 g/mol. The van der Waals surface area contributed by atoms with Gasteiger partial charge < -0.3 is 20.3 Å². The summed E-state index contributed by atoms with van der Waals surface area (Å²) < 4.78 is 6.67. The third-order valence-electron chi connectivity index (χ3n) is 5.44. The Labute approximate surface area is 189 Å². The molecule has 2 aromatic rings. The molecule has 31 heavy (non-hydrogen) atoms. The number of benzene rings is 1. The molecule has 3 amide bonds. The second-order valence-electron chi connectivity index (χ2n) is 7.62. The lowest BCUT2D eigenvalue weighted by molar-refractivity contribution is -0.121. The first-order valence-electron chi connectivity index (χ1n) is 10.5. The molecule has 0 bridgehead atoms. The van der Waals surface area contributed by atoms with Gasteiger partial charge in [-0.05, 0) is 37.5 Å². The first-order valence-corrected chi connectivity index (χ1v) is 12.5. The lowest BCUT2D eigenvalue weighted by Gasteiger charge is -2.21. The van der Waals surface area contributed by atoms with Crippen LogP contribution in [0.3, 0.4) is 0 Å². The zero-order chi connectivity index (χ0) is 21.6.